The first kappa shape index (κ1) is 17.9. The molecule has 0 radical (unpaired) electrons. The number of hydrogen-bond acceptors (Lipinski definition) is 5. The zero-order valence-corrected chi connectivity index (χ0v) is 15.7. The summed E-state index contributed by atoms with van der Waals surface area (Å²) in [6.07, 6.45) is 0.864. The van der Waals surface area contributed by atoms with Gasteiger partial charge in [0.15, 0.2) is 0 Å². The molecule has 5 nitrogen and oxygen atoms in total. The molecular weight excluding hydrogens is 338 g/mol. The Hall–Kier alpha value is -2.50. The van der Waals surface area contributed by atoms with E-state index in [0.717, 1.165) is 39.3 Å². The lowest BCUT2D eigenvalue weighted by atomic mass is 9.71. The lowest BCUT2D eigenvalue weighted by molar-refractivity contribution is 0.0354. The van der Waals surface area contributed by atoms with E-state index in [1.807, 2.05) is 19.1 Å². The van der Waals surface area contributed by atoms with Crippen molar-refractivity contribution in [3.05, 3.63) is 83.6 Å². The van der Waals surface area contributed by atoms with Crippen LogP contribution in [0.15, 0.2) is 65.1 Å². The maximum absolute atomic E-state index is 6.03. The highest BCUT2D eigenvalue weighted by Crippen LogP contribution is 2.41. The van der Waals surface area contributed by atoms with Gasteiger partial charge < -0.3 is 9.15 Å². The van der Waals surface area contributed by atoms with Crippen LogP contribution in [0.5, 0.6) is 0 Å². The maximum Gasteiger partial charge on any atom is 0.231 e. The first-order valence-electron chi connectivity index (χ1n) is 9.51. The fourth-order valence-corrected chi connectivity index (χ4v) is 3.87. The summed E-state index contributed by atoms with van der Waals surface area (Å²) in [4.78, 5) is 2.45. The van der Waals surface area contributed by atoms with Crippen LogP contribution >= 0.6 is 0 Å². The summed E-state index contributed by atoms with van der Waals surface area (Å²) in [6, 6.07) is 21.0. The molecule has 0 saturated carbocycles. The Bertz CT molecular complexity index is 803. The van der Waals surface area contributed by atoms with Gasteiger partial charge in [0.05, 0.1) is 18.6 Å². The molecule has 1 fully saturated rings. The number of aryl methyl sites for hydroxylation is 1. The standard InChI is InChI=1S/C22H25N3O2/c1-18-23-24-21(27-18)22(19-8-4-2-5-9-19,20-10-6-3-7-11-20)12-13-25-14-16-26-17-15-25/h2-11H,12-17H2,1H3. The van der Waals surface area contributed by atoms with Crippen LogP contribution in [0.3, 0.4) is 0 Å². The van der Waals surface area contributed by atoms with Gasteiger partial charge in [0.2, 0.25) is 11.8 Å². The Kier molecular flexibility index (Phi) is 5.32. The number of aromatic nitrogens is 2. The van der Waals surface area contributed by atoms with Crippen LogP contribution in [0, 0.1) is 6.92 Å². The van der Waals surface area contributed by atoms with Crippen LogP contribution in [0.4, 0.5) is 0 Å². The predicted molar refractivity (Wildman–Crippen MR) is 104 cm³/mol. The van der Waals surface area contributed by atoms with Gasteiger partial charge in [0.25, 0.3) is 0 Å². The minimum Gasteiger partial charge on any atom is -0.424 e. The zero-order chi connectivity index (χ0) is 18.5. The highest BCUT2D eigenvalue weighted by atomic mass is 16.5. The SMILES string of the molecule is Cc1nnc(C(CCN2CCOCC2)(c2ccccc2)c2ccccc2)o1. The quantitative estimate of drug-likeness (QED) is 0.671. The van der Waals surface area contributed by atoms with Crippen molar-refractivity contribution in [2.24, 2.45) is 0 Å². The lowest BCUT2D eigenvalue weighted by Gasteiger charge is -2.35. The van der Waals surface area contributed by atoms with Crippen molar-refractivity contribution < 1.29 is 9.15 Å². The summed E-state index contributed by atoms with van der Waals surface area (Å²) in [5, 5.41) is 8.62. The summed E-state index contributed by atoms with van der Waals surface area (Å²) in [5.74, 6) is 1.25. The van der Waals surface area contributed by atoms with E-state index < -0.39 is 5.41 Å². The molecular formula is C22H25N3O2. The maximum atomic E-state index is 6.03. The molecule has 0 aliphatic carbocycles. The first-order chi connectivity index (χ1) is 13.3. The summed E-state index contributed by atoms with van der Waals surface area (Å²) >= 11 is 0. The molecule has 0 bridgehead atoms. The molecule has 0 unspecified atom stereocenters. The molecule has 27 heavy (non-hydrogen) atoms. The number of hydrogen-bond donors (Lipinski definition) is 0. The van der Waals surface area contributed by atoms with Gasteiger partial charge in [-0.25, -0.2) is 0 Å². The minimum atomic E-state index is -0.470. The highest BCUT2D eigenvalue weighted by Gasteiger charge is 2.41. The molecule has 1 aliphatic heterocycles. The fraction of sp³-hybridized carbons (Fsp3) is 0.364. The van der Waals surface area contributed by atoms with Gasteiger partial charge in [-0.15, -0.1) is 10.2 Å². The van der Waals surface area contributed by atoms with Crippen molar-refractivity contribution in [2.45, 2.75) is 18.8 Å². The number of nitrogens with zero attached hydrogens (tertiary/aromatic N) is 3. The van der Waals surface area contributed by atoms with Crippen LogP contribution in [-0.4, -0.2) is 47.9 Å². The molecule has 0 amide bonds. The molecule has 0 N–H and O–H groups in total. The Balaban J connectivity index is 1.80. The zero-order valence-electron chi connectivity index (χ0n) is 15.7. The normalized spacial score (nSPS) is 15.7. The van der Waals surface area contributed by atoms with Gasteiger partial charge in [0, 0.05) is 26.6 Å². The lowest BCUT2D eigenvalue weighted by Crippen LogP contribution is -2.41. The van der Waals surface area contributed by atoms with Crippen LogP contribution in [-0.2, 0) is 10.2 Å². The van der Waals surface area contributed by atoms with Crippen LogP contribution in [0.25, 0.3) is 0 Å². The molecule has 0 atom stereocenters. The third-order valence-corrected chi connectivity index (χ3v) is 5.33. The Labute approximate surface area is 160 Å². The van der Waals surface area contributed by atoms with Gasteiger partial charge >= 0.3 is 0 Å². The van der Waals surface area contributed by atoms with Gasteiger partial charge in [-0.3, -0.25) is 4.90 Å². The number of rotatable bonds is 6. The van der Waals surface area contributed by atoms with Crippen molar-refractivity contribution in [1.82, 2.24) is 15.1 Å². The van der Waals surface area contributed by atoms with E-state index in [0.29, 0.717) is 11.8 Å². The van der Waals surface area contributed by atoms with Crippen molar-refractivity contribution in [2.75, 3.05) is 32.8 Å². The van der Waals surface area contributed by atoms with E-state index in [1.54, 1.807) is 0 Å². The average molecular weight is 363 g/mol. The molecule has 1 aromatic heterocycles. The second-order valence-electron chi connectivity index (χ2n) is 6.97. The van der Waals surface area contributed by atoms with Gasteiger partial charge in [0.1, 0.15) is 0 Å². The predicted octanol–water partition coefficient (Wildman–Crippen LogP) is 3.43. The van der Waals surface area contributed by atoms with E-state index in [-0.39, 0.29) is 0 Å². The summed E-state index contributed by atoms with van der Waals surface area (Å²) in [6.45, 7) is 6.30. The van der Waals surface area contributed by atoms with E-state index in [4.69, 9.17) is 9.15 Å². The van der Waals surface area contributed by atoms with E-state index in [9.17, 15) is 0 Å². The number of benzene rings is 2. The third-order valence-electron chi connectivity index (χ3n) is 5.33. The second-order valence-corrected chi connectivity index (χ2v) is 6.97. The van der Waals surface area contributed by atoms with Crippen LogP contribution < -0.4 is 0 Å². The van der Waals surface area contributed by atoms with E-state index >= 15 is 0 Å². The molecule has 2 heterocycles. The van der Waals surface area contributed by atoms with Crippen molar-refractivity contribution in [3.8, 4) is 0 Å². The Morgan fingerprint density at radius 2 is 1.48 bits per heavy atom. The molecule has 3 aromatic rings. The molecule has 1 aliphatic rings. The molecule has 4 rings (SSSR count). The molecule has 1 saturated heterocycles. The Morgan fingerprint density at radius 3 is 2.00 bits per heavy atom. The van der Waals surface area contributed by atoms with Crippen molar-refractivity contribution in [3.63, 3.8) is 0 Å². The summed E-state index contributed by atoms with van der Waals surface area (Å²) < 4.78 is 11.5. The van der Waals surface area contributed by atoms with Gasteiger partial charge in [-0.2, -0.15) is 0 Å². The minimum absolute atomic E-state index is 0.470. The first-order valence-corrected chi connectivity index (χ1v) is 9.51. The second kappa shape index (κ2) is 8.03. The van der Waals surface area contributed by atoms with Gasteiger partial charge in [-0.1, -0.05) is 60.7 Å². The van der Waals surface area contributed by atoms with Crippen molar-refractivity contribution in [1.29, 1.82) is 0 Å². The topological polar surface area (TPSA) is 51.4 Å². The average Bonchev–Trinajstić information content (AvgIpc) is 3.17. The molecule has 2 aromatic carbocycles. The van der Waals surface area contributed by atoms with Crippen LogP contribution in [0.1, 0.15) is 29.3 Å². The molecule has 0 spiro atoms. The summed E-state index contributed by atoms with van der Waals surface area (Å²) in [7, 11) is 0. The smallest absolute Gasteiger partial charge is 0.231 e. The Morgan fingerprint density at radius 1 is 0.889 bits per heavy atom. The number of morpholine rings is 1. The van der Waals surface area contributed by atoms with E-state index in [1.165, 1.54) is 11.1 Å². The summed E-state index contributed by atoms with van der Waals surface area (Å²) in [5.41, 5.74) is 1.88. The van der Waals surface area contributed by atoms with Gasteiger partial charge in [-0.05, 0) is 17.5 Å². The number of ether oxygens (including phenoxy) is 1. The largest absolute Gasteiger partial charge is 0.424 e. The molecule has 140 valence electrons. The third kappa shape index (κ3) is 3.66. The fourth-order valence-electron chi connectivity index (χ4n) is 3.87. The van der Waals surface area contributed by atoms with Crippen LogP contribution in [0.2, 0.25) is 0 Å². The van der Waals surface area contributed by atoms with E-state index in [2.05, 4.69) is 63.6 Å². The highest BCUT2D eigenvalue weighted by molar-refractivity contribution is 5.45. The molecule has 5 heteroatoms. The monoisotopic (exact) mass is 363 g/mol. The van der Waals surface area contributed by atoms with Crippen molar-refractivity contribution >= 4 is 0 Å².